The number of aliphatic carboxylic acids is 1. The quantitative estimate of drug-likeness (QED) is 0.531. The number of carboxylic acid groups (broad SMARTS) is 1. The largest absolute Gasteiger partial charge is 0.481 e. The lowest BCUT2D eigenvalue weighted by molar-refractivity contribution is -0.137. The number of hydrogen-bond acceptors (Lipinski definition) is 3. The second-order valence-corrected chi connectivity index (χ2v) is 8.50. The summed E-state index contributed by atoms with van der Waals surface area (Å²) in [6.45, 7) is 0.618. The van der Waals surface area contributed by atoms with Gasteiger partial charge in [0, 0.05) is 28.4 Å². The van der Waals surface area contributed by atoms with Gasteiger partial charge in [0.15, 0.2) is 0 Å². The average Bonchev–Trinajstić information content (AvgIpc) is 3.06. The third kappa shape index (κ3) is 4.06. The molecule has 0 unspecified atom stereocenters. The third-order valence-corrected chi connectivity index (χ3v) is 6.63. The van der Waals surface area contributed by atoms with Crippen LogP contribution in [0.3, 0.4) is 0 Å². The summed E-state index contributed by atoms with van der Waals surface area (Å²) in [5, 5.41) is 12.2. The normalized spacial score (nSPS) is 25.6. The summed E-state index contributed by atoms with van der Waals surface area (Å²) in [7, 11) is 0. The molecule has 1 aromatic rings. The third-order valence-electron chi connectivity index (χ3n) is 4.61. The van der Waals surface area contributed by atoms with Gasteiger partial charge in [0.2, 0.25) is 0 Å². The van der Waals surface area contributed by atoms with Crippen molar-refractivity contribution >= 4 is 39.7 Å². The minimum atomic E-state index is -0.735. The van der Waals surface area contributed by atoms with Crippen molar-refractivity contribution in [2.75, 3.05) is 5.75 Å². The van der Waals surface area contributed by atoms with Gasteiger partial charge in [-0.2, -0.15) is 11.8 Å². The highest BCUT2D eigenvalue weighted by atomic mass is 79.9. The Morgan fingerprint density at radius 3 is 2.79 bits per heavy atom. The zero-order valence-electron chi connectivity index (χ0n) is 13.3. The fraction of sp³-hybridized carbons (Fsp3) is 0.529. The fourth-order valence-electron chi connectivity index (χ4n) is 3.44. The second-order valence-electron chi connectivity index (χ2n) is 6.31. The lowest BCUT2D eigenvalue weighted by atomic mass is 10.0. The molecule has 2 N–H and O–H groups in total. The first-order chi connectivity index (χ1) is 11.5. The van der Waals surface area contributed by atoms with Crippen LogP contribution in [0.25, 0.3) is 0 Å². The minimum Gasteiger partial charge on any atom is -0.481 e. The van der Waals surface area contributed by atoms with Crippen molar-refractivity contribution in [1.82, 2.24) is 10.2 Å². The number of carboxylic acids is 1. The number of benzene rings is 1. The van der Waals surface area contributed by atoms with E-state index in [4.69, 9.17) is 5.11 Å². The van der Waals surface area contributed by atoms with Crippen LogP contribution in [-0.4, -0.2) is 45.1 Å². The zero-order chi connectivity index (χ0) is 17.1. The van der Waals surface area contributed by atoms with Gasteiger partial charge >= 0.3 is 12.0 Å². The van der Waals surface area contributed by atoms with Gasteiger partial charge in [0.1, 0.15) is 0 Å². The molecule has 1 aromatic carbocycles. The van der Waals surface area contributed by atoms with Crippen LogP contribution in [0.5, 0.6) is 0 Å². The van der Waals surface area contributed by atoms with Crippen LogP contribution in [-0.2, 0) is 11.3 Å². The Labute approximate surface area is 154 Å². The number of nitrogens with zero attached hydrogens (tertiary/aromatic N) is 1. The summed E-state index contributed by atoms with van der Waals surface area (Å²) in [5.74, 6) is 0.207. The first kappa shape index (κ1) is 17.6. The zero-order valence-corrected chi connectivity index (χ0v) is 15.7. The van der Waals surface area contributed by atoms with Gasteiger partial charge in [-0.3, -0.25) is 4.79 Å². The predicted molar refractivity (Wildman–Crippen MR) is 98.1 cm³/mol. The van der Waals surface area contributed by atoms with Gasteiger partial charge in [0.25, 0.3) is 0 Å². The van der Waals surface area contributed by atoms with Gasteiger partial charge in [-0.25, -0.2) is 4.79 Å². The molecule has 0 bridgehead atoms. The molecule has 0 saturated carbocycles. The predicted octanol–water partition coefficient (Wildman–Crippen LogP) is 3.47. The number of fused-ring (bicyclic) bond motifs is 1. The molecule has 0 spiro atoms. The molecule has 2 saturated heterocycles. The molecule has 2 aliphatic heterocycles. The van der Waals surface area contributed by atoms with E-state index >= 15 is 0 Å². The molecule has 130 valence electrons. The maximum absolute atomic E-state index is 12.3. The lowest BCUT2D eigenvalue weighted by Crippen LogP contribution is -2.40. The second kappa shape index (κ2) is 7.78. The van der Waals surface area contributed by atoms with E-state index < -0.39 is 5.97 Å². The topological polar surface area (TPSA) is 69.6 Å². The number of amides is 2. The highest BCUT2D eigenvalue weighted by Crippen LogP contribution is 2.38. The number of nitrogens with one attached hydrogen (secondary N) is 1. The summed E-state index contributed by atoms with van der Waals surface area (Å²) in [6.07, 6.45) is 2.79. The van der Waals surface area contributed by atoms with Crippen LogP contribution in [0.4, 0.5) is 4.79 Å². The summed E-state index contributed by atoms with van der Waals surface area (Å²) >= 11 is 5.33. The van der Waals surface area contributed by atoms with Gasteiger partial charge in [-0.15, -0.1) is 0 Å². The molecule has 5 nitrogen and oxygen atoms in total. The van der Waals surface area contributed by atoms with Gasteiger partial charge in [-0.05, 0) is 30.5 Å². The molecule has 2 aliphatic rings. The Morgan fingerprint density at radius 1 is 1.33 bits per heavy atom. The number of thioether (sulfide) groups is 1. The maximum Gasteiger partial charge on any atom is 0.318 e. The Hall–Kier alpha value is -1.21. The van der Waals surface area contributed by atoms with E-state index in [-0.39, 0.29) is 24.5 Å². The maximum atomic E-state index is 12.3. The molecule has 3 atom stereocenters. The van der Waals surface area contributed by atoms with Crippen LogP contribution in [0.15, 0.2) is 28.7 Å². The molecule has 0 aliphatic carbocycles. The summed E-state index contributed by atoms with van der Waals surface area (Å²) < 4.78 is 1.03. The fourth-order valence-corrected chi connectivity index (χ4v) is 5.31. The minimum absolute atomic E-state index is 0.0174. The van der Waals surface area contributed by atoms with E-state index in [2.05, 4.69) is 21.2 Å². The van der Waals surface area contributed by atoms with E-state index in [0.717, 1.165) is 28.6 Å². The molecule has 0 aromatic heterocycles. The monoisotopic (exact) mass is 412 g/mol. The van der Waals surface area contributed by atoms with E-state index in [1.54, 1.807) is 0 Å². The molecule has 3 rings (SSSR count). The summed E-state index contributed by atoms with van der Waals surface area (Å²) in [4.78, 5) is 24.9. The average molecular weight is 413 g/mol. The number of rotatable bonds is 7. The molecule has 2 fully saturated rings. The SMILES string of the molecule is O=C(O)CCCC[C@H]1SC[C@H]2NC(=O)N(Cc3ccc(Br)cc3)[C@H]21. The Morgan fingerprint density at radius 2 is 2.08 bits per heavy atom. The first-order valence-electron chi connectivity index (χ1n) is 8.19. The van der Waals surface area contributed by atoms with Gasteiger partial charge in [-0.1, -0.05) is 34.5 Å². The Kier molecular flexibility index (Phi) is 5.71. The van der Waals surface area contributed by atoms with E-state index in [9.17, 15) is 9.59 Å². The molecule has 0 radical (unpaired) electrons. The first-order valence-corrected chi connectivity index (χ1v) is 10.0. The highest BCUT2D eigenvalue weighted by Gasteiger charge is 2.47. The smallest absolute Gasteiger partial charge is 0.318 e. The van der Waals surface area contributed by atoms with Crippen LogP contribution >= 0.6 is 27.7 Å². The number of carbonyl (C=O) groups is 2. The Bertz CT molecular complexity index is 610. The highest BCUT2D eigenvalue weighted by molar-refractivity contribution is 9.10. The number of hydrogen-bond donors (Lipinski definition) is 2. The molecular formula is C17H21BrN2O3S. The van der Waals surface area contributed by atoms with Crippen molar-refractivity contribution in [3.05, 3.63) is 34.3 Å². The summed E-state index contributed by atoms with van der Waals surface area (Å²) in [5.41, 5.74) is 1.12. The molecule has 2 heterocycles. The molecular weight excluding hydrogens is 392 g/mol. The van der Waals surface area contributed by atoms with Crippen LogP contribution in [0.1, 0.15) is 31.2 Å². The Balaban J connectivity index is 1.61. The van der Waals surface area contributed by atoms with Crippen molar-refractivity contribution in [2.24, 2.45) is 0 Å². The van der Waals surface area contributed by atoms with Crippen molar-refractivity contribution < 1.29 is 14.7 Å². The number of halogens is 1. The number of urea groups is 1. The van der Waals surface area contributed by atoms with Crippen LogP contribution in [0.2, 0.25) is 0 Å². The van der Waals surface area contributed by atoms with Crippen LogP contribution in [0, 0.1) is 0 Å². The standard InChI is InChI=1S/C17H21BrN2O3S/c18-12-7-5-11(6-8-12)9-20-16-13(19-17(20)23)10-24-14(16)3-1-2-4-15(21)22/h5-8,13-14,16H,1-4,9-10H2,(H,19,23)(H,21,22)/t13-,14-,16-/m1/s1. The summed E-state index contributed by atoms with van der Waals surface area (Å²) in [6, 6.07) is 8.49. The van der Waals surface area contributed by atoms with E-state index in [0.29, 0.717) is 18.2 Å². The van der Waals surface area contributed by atoms with Crippen molar-refractivity contribution in [3.63, 3.8) is 0 Å². The lowest BCUT2D eigenvalue weighted by Gasteiger charge is -2.27. The van der Waals surface area contributed by atoms with E-state index in [1.807, 2.05) is 40.9 Å². The number of unbranched alkanes of at least 4 members (excludes halogenated alkanes) is 1. The molecule has 24 heavy (non-hydrogen) atoms. The van der Waals surface area contributed by atoms with E-state index in [1.165, 1.54) is 0 Å². The van der Waals surface area contributed by atoms with Crippen molar-refractivity contribution in [1.29, 1.82) is 0 Å². The van der Waals surface area contributed by atoms with Crippen molar-refractivity contribution in [2.45, 2.75) is 49.6 Å². The number of carbonyl (C=O) groups excluding carboxylic acids is 1. The van der Waals surface area contributed by atoms with Gasteiger partial charge in [0.05, 0.1) is 12.1 Å². The van der Waals surface area contributed by atoms with Crippen molar-refractivity contribution in [3.8, 4) is 0 Å². The van der Waals surface area contributed by atoms with Gasteiger partial charge < -0.3 is 15.3 Å². The molecule has 7 heteroatoms. The molecule has 2 amide bonds. The van der Waals surface area contributed by atoms with Crippen LogP contribution < -0.4 is 5.32 Å².